The normalized spacial score (nSPS) is 25.5. The summed E-state index contributed by atoms with van der Waals surface area (Å²) < 4.78 is 37.7. The Hall–Kier alpha value is -5.14. The van der Waals surface area contributed by atoms with Crippen molar-refractivity contribution < 1.29 is 32.7 Å². The van der Waals surface area contributed by atoms with Gasteiger partial charge in [-0.25, -0.2) is 18.3 Å². The van der Waals surface area contributed by atoms with E-state index in [1.807, 2.05) is 18.2 Å². The highest BCUT2D eigenvalue weighted by molar-refractivity contribution is 7.80. The zero-order valence-electron chi connectivity index (χ0n) is 32.3. The molecule has 4 atom stereocenters. The molecule has 6 aliphatic heterocycles. The van der Waals surface area contributed by atoms with Crippen molar-refractivity contribution in [3.05, 3.63) is 65.2 Å². The number of hydrogen-bond donors (Lipinski definition) is 3. The number of piperidine rings is 3. The first-order valence-corrected chi connectivity index (χ1v) is 21.0. The third kappa shape index (κ3) is 6.79. The number of aromatic nitrogens is 5. The fourth-order valence-corrected chi connectivity index (χ4v) is 10.5. The lowest BCUT2D eigenvalue weighted by atomic mass is 9.93. The molecule has 2 bridgehead atoms. The minimum absolute atomic E-state index is 0.0222. The lowest BCUT2D eigenvalue weighted by Crippen LogP contribution is -2.53. The Balaban J connectivity index is 0.762. The molecule has 5 saturated heterocycles. The highest BCUT2D eigenvalue weighted by Gasteiger charge is 2.46. The summed E-state index contributed by atoms with van der Waals surface area (Å²) in [6.07, 6.45) is 6.63. The van der Waals surface area contributed by atoms with Gasteiger partial charge < -0.3 is 29.7 Å². The zero-order chi connectivity index (χ0) is 40.5. The number of benzene rings is 1. The number of thiol groups is 1. The van der Waals surface area contributed by atoms with E-state index in [0.29, 0.717) is 36.1 Å². The van der Waals surface area contributed by atoms with Crippen molar-refractivity contribution >= 4 is 59.1 Å². The molecule has 1 aromatic carbocycles. The number of halogens is 2. The van der Waals surface area contributed by atoms with E-state index in [0.717, 1.165) is 76.1 Å². The number of carbonyl (C=O) groups is 4. The van der Waals surface area contributed by atoms with Gasteiger partial charge in [0, 0.05) is 70.0 Å². The fourth-order valence-electron chi connectivity index (χ4n) is 9.98. The Labute approximate surface area is 343 Å². The molecule has 5 fully saturated rings. The number of hydrogen-bond acceptors (Lipinski definition) is 12. The monoisotopic (exact) mass is 829 g/mol. The first-order valence-electron chi connectivity index (χ1n) is 20.5. The predicted molar refractivity (Wildman–Crippen MR) is 214 cm³/mol. The molecule has 59 heavy (non-hydrogen) atoms. The van der Waals surface area contributed by atoms with Crippen molar-refractivity contribution in [3.8, 4) is 0 Å². The average molecular weight is 830 g/mol. The largest absolute Gasteiger partial charge is 0.374 e. The summed E-state index contributed by atoms with van der Waals surface area (Å²) >= 11 is 4.75. The number of morpholine rings is 1. The van der Waals surface area contributed by atoms with Crippen LogP contribution >= 0.6 is 12.6 Å². The Morgan fingerprint density at radius 3 is 2.56 bits per heavy atom. The summed E-state index contributed by atoms with van der Waals surface area (Å²) in [6.45, 7) is 5.18. The van der Waals surface area contributed by atoms with Gasteiger partial charge in [0.1, 0.15) is 17.0 Å². The average Bonchev–Trinajstić information content (AvgIpc) is 4.08. The van der Waals surface area contributed by atoms with Gasteiger partial charge in [-0.1, -0.05) is 12.1 Å². The van der Waals surface area contributed by atoms with Gasteiger partial charge in [-0.2, -0.15) is 5.10 Å². The second-order valence-corrected chi connectivity index (χ2v) is 17.0. The molecule has 2 unspecified atom stereocenters. The SMILES string of the molecule is O=C1CCC(N2C(=O)c3c(cccc3N3CCC(CN4CCC(n5cc(NC(=O)c6c(N7C[C@H]8C[C@@H]7CO8)nn7cccnc67)c(C(F)F)n5)CC4)CC3)C2S)C(=O)N1. The molecular weight excluding hydrogens is 785 g/mol. The second kappa shape index (κ2) is 15.2. The van der Waals surface area contributed by atoms with Gasteiger partial charge in [0.2, 0.25) is 11.8 Å². The second-order valence-electron chi connectivity index (χ2n) is 16.5. The number of nitrogens with zero attached hydrogens (tertiary/aromatic N) is 9. The lowest BCUT2D eigenvalue weighted by Gasteiger charge is -2.38. The molecule has 310 valence electrons. The van der Waals surface area contributed by atoms with E-state index in [2.05, 4.69) is 40.5 Å². The van der Waals surface area contributed by atoms with Crippen LogP contribution < -0.4 is 20.4 Å². The Morgan fingerprint density at radius 2 is 1.83 bits per heavy atom. The van der Waals surface area contributed by atoms with Crippen molar-refractivity contribution in [2.45, 2.75) is 81.0 Å². The molecule has 0 aliphatic carbocycles. The molecule has 0 saturated carbocycles. The molecule has 2 N–H and O–H groups in total. The van der Waals surface area contributed by atoms with Crippen LogP contribution in [0.5, 0.6) is 0 Å². The summed E-state index contributed by atoms with van der Waals surface area (Å²) in [5, 5.41) is 13.5. The standard InChI is InChI=1S/C40H45F2N11O5S/c41-34(42)33-27(44-38(56)32-35-43-11-2-12-51(35)47-36(32)50-19-25-17-24(50)21-58-25)20-52(46-33)23-9-13-48(14-10-23)18-22-7-15-49(16-8-22)28-4-1-3-26-31(28)39(57)53(40(26)59)29-5-6-30(54)45-37(29)55/h1-4,11-12,20,22-25,29,34,40,59H,5-10,13-19,21H2,(H,44,56)(H,45,54,55)/t24-,25-,29?,40?/m1/s1. The van der Waals surface area contributed by atoms with Crippen LogP contribution in [0.1, 0.15) is 94.8 Å². The molecular formula is C40H45F2N11O5S. The van der Waals surface area contributed by atoms with Crippen LogP contribution in [-0.2, 0) is 14.3 Å². The van der Waals surface area contributed by atoms with Gasteiger partial charge >= 0.3 is 0 Å². The van der Waals surface area contributed by atoms with Crippen LogP contribution in [0.2, 0.25) is 0 Å². The highest BCUT2D eigenvalue weighted by Crippen LogP contribution is 2.44. The smallest absolute Gasteiger partial charge is 0.284 e. The molecule has 10 rings (SSSR count). The van der Waals surface area contributed by atoms with Gasteiger partial charge in [-0.05, 0) is 62.1 Å². The summed E-state index contributed by atoms with van der Waals surface area (Å²) in [7, 11) is 0. The molecule has 19 heteroatoms. The molecule has 0 radical (unpaired) electrons. The first kappa shape index (κ1) is 38.1. The van der Waals surface area contributed by atoms with Crippen molar-refractivity contribution in [3.63, 3.8) is 0 Å². The number of anilines is 3. The number of imide groups is 1. The van der Waals surface area contributed by atoms with E-state index < -0.39 is 35.3 Å². The lowest BCUT2D eigenvalue weighted by molar-refractivity contribution is -0.137. The van der Waals surface area contributed by atoms with Gasteiger partial charge in [0.05, 0.1) is 36.0 Å². The maximum atomic E-state index is 14.4. The van der Waals surface area contributed by atoms with E-state index in [1.54, 1.807) is 27.7 Å². The van der Waals surface area contributed by atoms with Crippen molar-refractivity contribution in [2.75, 3.05) is 61.0 Å². The maximum absolute atomic E-state index is 14.4. The predicted octanol–water partition coefficient (Wildman–Crippen LogP) is 3.84. The summed E-state index contributed by atoms with van der Waals surface area (Å²) in [6, 6.07) is 6.74. The summed E-state index contributed by atoms with van der Waals surface area (Å²) in [4.78, 5) is 64.9. The Morgan fingerprint density at radius 1 is 1.02 bits per heavy atom. The number of ether oxygens (including phenoxy) is 1. The maximum Gasteiger partial charge on any atom is 0.284 e. The molecule has 4 aromatic rings. The quantitative estimate of drug-likeness (QED) is 0.166. The number of rotatable bonds is 9. The molecule has 0 spiro atoms. The van der Waals surface area contributed by atoms with Crippen LogP contribution in [0.25, 0.3) is 5.65 Å². The van der Waals surface area contributed by atoms with Crippen LogP contribution in [-0.4, -0.2) is 122 Å². The number of likely N-dealkylation sites (tertiary alicyclic amines) is 1. The minimum Gasteiger partial charge on any atom is -0.374 e. The van der Waals surface area contributed by atoms with Crippen molar-refractivity contribution in [1.29, 1.82) is 0 Å². The van der Waals surface area contributed by atoms with Crippen LogP contribution in [0, 0.1) is 5.92 Å². The summed E-state index contributed by atoms with van der Waals surface area (Å²) in [5.41, 5.74) is 2.29. The van der Waals surface area contributed by atoms with E-state index in [4.69, 9.17) is 17.4 Å². The molecule has 4 amide bonds. The van der Waals surface area contributed by atoms with Crippen LogP contribution in [0.15, 0.2) is 42.9 Å². The van der Waals surface area contributed by atoms with E-state index in [1.165, 1.54) is 11.1 Å². The third-order valence-electron chi connectivity index (χ3n) is 13.0. The van der Waals surface area contributed by atoms with E-state index in [9.17, 15) is 28.0 Å². The Kier molecular flexibility index (Phi) is 9.78. The third-order valence-corrected chi connectivity index (χ3v) is 13.5. The number of nitrogens with one attached hydrogen (secondary N) is 2. The number of carbonyl (C=O) groups excluding carboxylic acids is 4. The van der Waals surface area contributed by atoms with E-state index >= 15 is 0 Å². The summed E-state index contributed by atoms with van der Waals surface area (Å²) in [5.74, 6) is -0.678. The number of amides is 4. The highest BCUT2D eigenvalue weighted by atomic mass is 32.1. The van der Waals surface area contributed by atoms with Gasteiger partial charge in [0.25, 0.3) is 18.2 Å². The van der Waals surface area contributed by atoms with Gasteiger partial charge in [-0.3, -0.25) is 29.2 Å². The van der Waals surface area contributed by atoms with Crippen LogP contribution in [0.3, 0.4) is 0 Å². The van der Waals surface area contributed by atoms with Crippen molar-refractivity contribution in [1.82, 2.24) is 39.5 Å². The van der Waals surface area contributed by atoms with Crippen LogP contribution in [0.4, 0.5) is 26.0 Å². The molecule has 16 nitrogen and oxygen atoms in total. The Bertz CT molecular complexity index is 2320. The fraction of sp³-hybridized carbons (Fsp3) is 0.525. The van der Waals surface area contributed by atoms with Gasteiger partial charge in [0.15, 0.2) is 17.2 Å². The zero-order valence-corrected chi connectivity index (χ0v) is 33.1. The van der Waals surface area contributed by atoms with E-state index in [-0.39, 0.29) is 54.1 Å². The molecule has 6 aliphatic rings. The van der Waals surface area contributed by atoms with Gasteiger partial charge in [-0.15, -0.1) is 17.7 Å². The first-order chi connectivity index (χ1) is 28.6. The number of alkyl halides is 2. The topological polar surface area (TPSA) is 163 Å². The minimum atomic E-state index is -2.89. The molecule has 3 aromatic heterocycles. The molecule has 9 heterocycles. The number of fused-ring (bicyclic) bond motifs is 4. The van der Waals surface area contributed by atoms with Crippen molar-refractivity contribution in [2.24, 2.45) is 5.92 Å².